The summed E-state index contributed by atoms with van der Waals surface area (Å²) in [5.41, 5.74) is 0.403. The topological polar surface area (TPSA) is 12.4 Å². The van der Waals surface area contributed by atoms with Gasteiger partial charge in [-0.3, -0.25) is 0 Å². The van der Waals surface area contributed by atoms with E-state index in [1.807, 2.05) is 6.92 Å². The third kappa shape index (κ3) is 3.11. The molecule has 0 aromatic carbocycles. The second kappa shape index (κ2) is 4.84. The van der Waals surface area contributed by atoms with E-state index < -0.39 is 0 Å². The van der Waals surface area contributed by atoms with Crippen molar-refractivity contribution in [1.82, 2.24) is 0 Å². The lowest BCUT2D eigenvalue weighted by Gasteiger charge is -1.88. The number of halogens is 1. The fourth-order valence-electron chi connectivity index (χ4n) is 0.277. The molecule has 0 unspecified atom stereocenters. The first-order chi connectivity index (χ1) is 4.72. The Morgan fingerprint density at radius 1 is 1.80 bits per heavy atom. The molecule has 52 valence electrons. The molecule has 0 aliphatic heterocycles. The molecule has 0 radical (unpaired) electrons. The van der Waals surface area contributed by atoms with Gasteiger partial charge in [0.05, 0.1) is 5.57 Å². The minimum absolute atomic E-state index is 0.264. The van der Waals surface area contributed by atoms with Crippen LogP contribution in [0.2, 0.25) is 0 Å². The number of hydrogen-bond donors (Lipinski definition) is 0. The number of nitrogens with zero attached hydrogens (tertiary/aromatic N) is 1. The molecule has 0 saturated heterocycles. The van der Waals surface area contributed by atoms with Crippen molar-refractivity contribution in [2.24, 2.45) is 4.99 Å². The molecule has 0 rings (SSSR count). The maximum absolute atomic E-state index is 5.57. The van der Waals surface area contributed by atoms with E-state index in [1.165, 1.54) is 0 Å². The SMILES string of the molecule is C#CC(=C)/C(Cl)=N\C=C/C. The number of aliphatic imine (C=N–C) groups is 1. The molecule has 0 fully saturated rings. The number of allylic oxidation sites excluding steroid dienone is 2. The number of rotatable bonds is 2. The predicted molar refractivity (Wildman–Crippen MR) is 46.1 cm³/mol. The first-order valence-electron chi connectivity index (χ1n) is 2.72. The van der Waals surface area contributed by atoms with Crippen LogP contribution in [-0.2, 0) is 0 Å². The Bertz CT molecular complexity index is 218. The molecule has 10 heavy (non-hydrogen) atoms. The van der Waals surface area contributed by atoms with Gasteiger partial charge >= 0.3 is 0 Å². The quantitative estimate of drug-likeness (QED) is 0.427. The summed E-state index contributed by atoms with van der Waals surface area (Å²) in [6, 6.07) is 0. The van der Waals surface area contributed by atoms with Crippen molar-refractivity contribution in [2.45, 2.75) is 6.92 Å². The Kier molecular flexibility index (Phi) is 4.36. The van der Waals surface area contributed by atoms with Crippen molar-refractivity contribution in [3.8, 4) is 12.3 Å². The molecule has 0 bridgehead atoms. The summed E-state index contributed by atoms with van der Waals surface area (Å²) in [4.78, 5) is 3.77. The van der Waals surface area contributed by atoms with E-state index in [1.54, 1.807) is 12.3 Å². The van der Waals surface area contributed by atoms with Gasteiger partial charge < -0.3 is 0 Å². The summed E-state index contributed by atoms with van der Waals surface area (Å²) < 4.78 is 0. The summed E-state index contributed by atoms with van der Waals surface area (Å²) in [5.74, 6) is 2.28. The second-order valence-corrected chi connectivity index (χ2v) is 1.88. The Morgan fingerprint density at radius 3 is 2.80 bits per heavy atom. The van der Waals surface area contributed by atoms with E-state index >= 15 is 0 Å². The highest BCUT2D eigenvalue weighted by atomic mass is 35.5. The summed E-state index contributed by atoms with van der Waals surface area (Å²) in [7, 11) is 0. The largest absolute Gasteiger partial charge is 0.244 e. The molecule has 0 aliphatic rings. The average molecular weight is 154 g/mol. The molecule has 1 nitrogen and oxygen atoms in total. The molecular formula is C8H8ClN. The van der Waals surface area contributed by atoms with Gasteiger partial charge in [-0.25, -0.2) is 4.99 Å². The van der Waals surface area contributed by atoms with Crippen LogP contribution in [0.25, 0.3) is 0 Å². The molecule has 0 saturated carbocycles. The van der Waals surface area contributed by atoms with Crippen LogP contribution in [-0.4, -0.2) is 5.17 Å². The van der Waals surface area contributed by atoms with Crippen molar-refractivity contribution in [2.75, 3.05) is 0 Å². The fourth-order valence-corrected chi connectivity index (χ4v) is 0.388. The van der Waals surface area contributed by atoms with Crippen molar-refractivity contribution < 1.29 is 0 Å². The van der Waals surface area contributed by atoms with E-state index in [4.69, 9.17) is 18.0 Å². The van der Waals surface area contributed by atoms with Crippen LogP contribution in [0.1, 0.15) is 6.92 Å². The van der Waals surface area contributed by atoms with Gasteiger partial charge in [-0.05, 0) is 6.92 Å². The Morgan fingerprint density at radius 2 is 2.40 bits per heavy atom. The van der Waals surface area contributed by atoms with Crippen molar-refractivity contribution in [3.63, 3.8) is 0 Å². The molecule has 0 N–H and O–H groups in total. The lowest BCUT2D eigenvalue weighted by Crippen LogP contribution is -1.86. The summed E-state index contributed by atoms with van der Waals surface area (Å²) in [6.07, 6.45) is 8.32. The van der Waals surface area contributed by atoms with Crippen LogP contribution in [0.15, 0.2) is 29.4 Å². The van der Waals surface area contributed by atoms with Gasteiger partial charge in [0.2, 0.25) is 0 Å². The normalized spacial score (nSPS) is 11.5. The van der Waals surface area contributed by atoms with Gasteiger partial charge in [0, 0.05) is 6.20 Å². The molecule has 2 heteroatoms. The minimum Gasteiger partial charge on any atom is -0.244 e. The van der Waals surface area contributed by atoms with Crippen LogP contribution >= 0.6 is 11.6 Å². The van der Waals surface area contributed by atoms with Gasteiger partial charge in [0.25, 0.3) is 0 Å². The van der Waals surface area contributed by atoms with Gasteiger partial charge in [-0.1, -0.05) is 30.2 Å². The average Bonchev–Trinajstić information content (AvgIpc) is 1.98. The van der Waals surface area contributed by atoms with Crippen molar-refractivity contribution in [3.05, 3.63) is 24.4 Å². The highest BCUT2D eigenvalue weighted by Gasteiger charge is 1.92. The molecule has 0 atom stereocenters. The number of terminal acetylenes is 1. The van der Waals surface area contributed by atoms with E-state index in [0.29, 0.717) is 5.57 Å². The van der Waals surface area contributed by atoms with Crippen LogP contribution in [0.3, 0.4) is 0 Å². The molecule has 0 spiro atoms. The summed E-state index contributed by atoms with van der Waals surface area (Å²) in [5, 5.41) is 0.264. The van der Waals surface area contributed by atoms with Crippen molar-refractivity contribution in [1.29, 1.82) is 0 Å². The second-order valence-electron chi connectivity index (χ2n) is 1.53. The predicted octanol–water partition coefficient (Wildman–Crippen LogP) is 2.35. The Hall–Kier alpha value is -1.00. The molecule has 0 aromatic heterocycles. The molecular weight excluding hydrogens is 146 g/mol. The van der Waals surface area contributed by atoms with Gasteiger partial charge in [0.15, 0.2) is 0 Å². The van der Waals surface area contributed by atoms with E-state index in [2.05, 4.69) is 17.5 Å². The Labute approximate surface area is 66.1 Å². The molecule has 0 aliphatic carbocycles. The van der Waals surface area contributed by atoms with Crippen LogP contribution in [0.5, 0.6) is 0 Å². The Balaban J connectivity index is 4.23. The molecule has 0 amide bonds. The summed E-state index contributed by atoms with van der Waals surface area (Å²) >= 11 is 5.57. The third-order valence-corrected chi connectivity index (χ3v) is 1.09. The highest BCUT2D eigenvalue weighted by molar-refractivity contribution is 6.70. The standard InChI is InChI=1S/C8H8ClN/c1-4-6-10-8(9)7(3)5-2/h2,4,6H,3H2,1H3/b6-4-,10-8+. The van der Waals surface area contributed by atoms with E-state index in [0.717, 1.165) is 0 Å². The lowest BCUT2D eigenvalue weighted by molar-refractivity contribution is 1.54. The monoisotopic (exact) mass is 153 g/mol. The zero-order valence-electron chi connectivity index (χ0n) is 5.76. The van der Waals surface area contributed by atoms with Crippen LogP contribution in [0, 0.1) is 12.3 Å². The maximum atomic E-state index is 5.57. The molecule has 0 heterocycles. The number of hydrogen-bond acceptors (Lipinski definition) is 1. The maximum Gasteiger partial charge on any atom is 0.143 e. The lowest BCUT2D eigenvalue weighted by atomic mass is 10.3. The summed E-state index contributed by atoms with van der Waals surface area (Å²) in [6.45, 7) is 5.33. The van der Waals surface area contributed by atoms with E-state index in [-0.39, 0.29) is 5.17 Å². The van der Waals surface area contributed by atoms with Gasteiger partial charge in [-0.15, -0.1) is 6.42 Å². The van der Waals surface area contributed by atoms with Crippen molar-refractivity contribution >= 4 is 16.8 Å². The van der Waals surface area contributed by atoms with Crippen LogP contribution in [0.4, 0.5) is 0 Å². The first kappa shape index (κ1) is 9.00. The fraction of sp³-hybridized carbons (Fsp3) is 0.125. The smallest absolute Gasteiger partial charge is 0.143 e. The van der Waals surface area contributed by atoms with Gasteiger partial charge in [-0.2, -0.15) is 0 Å². The third-order valence-electron chi connectivity index (χ3n) is 0.760. The van der Waals surface area contributed by atoms with Gasteiger partial charge in [0.1, 0.15) is 5.17 Å². The molecule has 0 aromatic rings. The zero-order valence-corrected chi connectivity index (χ0v) is 6.52. The zero-order chi connectivity index (χ0) is 7.98. The highest BCUT2D eigenvalue weighted by Crippen LogP contribution is 1.98. The minimum atomic E-state index is 0.264. The van der Waals surface area contributed by atoms with Crippen LogP contribution < -0.4 is 0 Å². The van der Waals surface area contributed by atoms with E-state index in [9.17, 15) is 0 Å². The first-order valence-corrected chi connectivity index (χ1v) is 3.10.